The van der Waals surface area contributed by atoms with Crippen LogP contribution >= 0.6 is 0 Å². The van der Waals surface area contributed by atoms with Gasteiger partial charge < -0.3 is 10.7 Å². The van der Waals surface area contributed by atoms with Crippen LogP contribution in [0.5, 0.6) is 0 Å². The van der Waals surface area contributed by atoms with Gasteiger partial charge in [-0.3, -0.25) is 0 Å². The van der Waals surface area contributed by atoms with Crippen LogP contribution in [0, 0.1) is 0 Å². The zero-order valence-electron chi connectivity index (χ0n) is 9.90. The highest BCUT2D eigenvalue weighted by Crippen LogP contribution is 2.35. The van der Waals surface area contributed by atoms with Crippen molar-refractivity contribution in [1.29, 1.82) is 0 Å². The van der Waals surface area contributed by atoms with Crippen LogP contribution in [-0.2, 0) is 6.42 Å². The van der Waals surface area contributed by atoms with Crippen LogP contribution in [-0.4, -0.2) is 15.0 Å². The van der Waals surface area contributed by atoms with Crippen LogP contribution in [0.15, 0.2) is 18.3 Å². The van der Waals surface area contributed by atoms with Gasteiger partial charge in [0, 0.05) is 23.4 Å². The predicted octanol–water partition coefficient (Wildman–Crippen LogP) is 2.49. The first-order valence-electron chi connectivity index (χ1n) is 6.08. The fourth-order valence-electron chi connectivity index (χ4n) is 2.49. The van der Waals surface area contributed by atoms with E-state index in [9.17, 15) is 0 Å². The number of nitrogens with two attached hydrogens (primary N) is 1. The molecule has 0 saturated carbocycles. The summed E-state index contributed by atoms with van der Waals surface area (Å²) in [6, 6.07) is 3.76. The zero-order valence-corrected chi connectivity index (χ0v) is 9.90. The Bertz CT molecular complexity index is 527. The molecule has 0 saturated heterocycles. The normalized spacial score (nSPS) is 18.3. The Morgan fingerprint density at radius 1 is 1.47 bits per heavy atom. The molecule has 2 aromatic heterocycles. The quantitative estimate of drug-likeness (QED) is 0.829. The molecule has 0 spiro atoms. The highest BCUT2D eigenvalue weighted by molar-refractivity contribution is 5.57. The highest BCUT2D eigenvalue weighted by Gasteiger charge is 2.25. The third-order valence-electron chi connectivity index (χ3n) is 3.49. The number of aromatic amines is 1. The van der Waals surface area contributed by atoms with Gasteiger partial charge in [0.15, 0.2) is 0 Å². The number of nitrogens with zero attached hydrogens (tertiary/aromatic N) is 2. The molecule has 1 aliphatic carbocycles. The average Bonchev–Trinajstić information content (AvgIpc) is 2.89. The largest absolute Gasteiger partial charge is 0.384 e. The minimum atomic E-state index is 0.541. The molecule has 0 radical (unpaired) electrons. The molecule has 0 aliphatic heterocycles. The summed E-state index contributed by atoms with van der Waals surface area (Å²) in [5.74, 6) is 2.08. The SMILES string of the molecule is CCC1CCc2[nH]c(-c3ccc(N)nc3)nc21. The molecule has 17 heavy (non-hydrogen) atoms. The first-order chi connectivity index (χ1) is 8.28. The number of nitrogen functional groups attached to an aromatic ring is 1. The lowest BCUT2D eigenvalue weighted by Gasteiger charge is -2.03. The summed E-state index contributed by atoms with van der Waals surface area (Å²) in [7, 11) is 0. The van der Waals surface area contributed by atoms with Gasteiger partial charge in [0.2, 0.25) is 0 Å². The van der Waals surface area contributed by atoms with E-state index in [0.29, 0.717) is 11.7 Å². The summed E-state index contributed by atoms with van der Waals surface area (Å²) in [6.45, 7) is 2.22. The lowest BCUT2D eigenvalue weighted by atomic mass is 10.1. The number of fused-ring (bicyclic) bond motifs is 1. The Morgan fingerprint density at radius 3 is 3.06 bits per heavy atom. The van der Waals surface area contributed by atoms with Crippen LogP contribution < -0.4 is 5.73 Å². The molecule has 88 valence electrons. The molecular weight excluding hydrogens is 212 g/mol. The summed E-state index contributed by atoms with van der Waals surface area (Å²) in [5, 5.41) is 0. The van der Waals surface area contributed by atoms with E-state index in [1.165, 1.54) is 17.8 Å². The maximum atomic E-state index is 5.58. The monoisotopic (exact) mass is 228 g/mol. The highest BCUT2D eigenvalue weighted by atomic mass is 15.0. The number of pyridine rings is 1. The number of aromatic nitrogens is 3. The number of rotatable bonds is 2. The maximum absolute atomic E-state index is 5.58. The third-order valence-corrected chi connectivity index (χ3v) is 3.49. The molecule has 0 fully saturated rings. The molecule has 0 bridgehead atoms. The molecule has 0 amide bonds. The van der Waals surface area contributed by atoms with Gasteiger partial charge in [-0.05, 0) is 31.4 Å². The van der Waals surface area contributed by atoms with E-state index in [4.69, 9.17) is 10.7 Å². The number of H-pyrrole nitrogens is 1. The van der Waals surface area contributed by atoms with E-state index in [-0.39, 0.29) is 0 Å². The minimum Gasteiger partial charge on any atom is -0.384 e. The van der Waals surface area contributed by atoms with Crippen molar-refractivity contribution in [2.24, 2.45) is 0 Å². The van der Waals surface area contributed by atoms with Gasteiger partial charge in [0.05, 0.1) is 5.69 Å². The summed E-state index contributed by atoms with van der Waals surface area (Å²) in [6.07, 6.45) is 5.27. The van der Waals surface area contributed by atoms with Crippen molar-refractivity contribution >= 4 is 5.82 Å². The van der Waals surface area contributed by atoms with Gasteiger partial charge in [-0.2, -0.15) is 0 Å². The predicted molar refractivity (Wildman–Crippen MR) is 67.6 cm³/mol. The lowest BCUT2D eigenvalue weighted by molar-refractivity contribution is 0.641. The summed E-state index contributed by atoms with van der Waals surface area (Å²) >= 11 is 0. The van der Waals surface area contributed by atoms with Gasteiger partial charge in [-0.15, -0.1) is 0 Å². The zero-order chi connectivity index (χ0) is 11.8. The van der Waals surface area contributed by atoms with E-state index < -0.39 is 0 Å². The first kappa shape index (κ1) is 10.3. The molecular formula is C13H16N4. The van der Waals surface area contributed by atoms with Crippen molar-refractivity contribution in [2.75, 3.05) is 5.73 Å². The van der Waals surface area contributed by atoms with Gasteiger partial charge in [-0.1, -0.05) is 6.92 Å². The van der Waals surface area contributed by atoms with E-state index in [1.54, 1.807) is 12.3 Å². The number of aryl methyl sites for hydroxylation is 1. The van der Waals surface area contributed by atoms with Gasteiger partial charge in [0.25, 0.3) is 0 Å². The minimum absolute atomic E-state index is 0.541. The second-order valence-electron chi connectivity index (χ2n) is 4.56. The Balaban J connectivity index is 1.98. The van der Waals surface area contributed by atoms with Gasteiger partial charge in [-0.25, -0.2) is 9.97 Å². The van der Waals surface area contributed by atoms with Crippen molar-refractivity contribution in [3.63, 3.8) is 0 Å². The number of anilines is 1. The number of hydrogen-bond acceptors (Lipinski definition) is 3. The average molecular weight is 228 g/mol. The molecule has 2 heterocycles. The Hall–Kier alpha value is -1.84. The van der Waals surface area contributed by atoms with Crippen molar-refractivity contribution in [2.45, 2.75) is 32.1 Å². The summed E-state index contributed by atoms with van der Waals surface area (Å²) in [5.41, 5.74) is 9.13. The van der Waals surface area contributed by atoms with E-state index in [0.717, 1.165) is 24.2 Å². The van der Waals surface area contributed by atoms with Crippen molar-refractivity contribution < 1.29 is 0 Å². The van der Waals surface area contributed by atoms with Crippen LogP contribution in [0.4, 0.5) is 5.82 Å². The number of imidazole rings is 1. The molecule has 1 unspecified atom stereocenters. The number of nitrogens with one attached hydrogen (secondary N) is 1. The third kappa shape index (κ3) is 1.69. The summed E-state index contributed by atoms with van der Waals surface area (Å²) in [4.78, 5) is 12.2. The van der Waals surface area contributed by atoms with Crippen molar-refractivity contribution in [3.8, 4) is 11.4 Å². The molecule has 4 heteroatoms. The Labute approximate surface area is 100 Å². The molecule has 1 atom stereocenters. The van der Waals surface area contributed by atoms with Crippen LogP contribution in [0.1, 0.15) is 37.1 Å². The van der Waals surface area contributed by atoms with Crippen LogP contribution in [0.25, 0.3) is 11.4 Å². The molecule has 1 aliphatic rings. The summed E-state index contributed by atoms with van der Waals surface area (Å²) < 4.78 is 0. The standard InChI is InChI=1S/C13H16N4/c1-2-8-3-5-10-12(8)17-13(16-10)9-4-6-11(14)15-7-9/h4,6-8H,2-3,5H2,1H3,(H2,14,15)(H,16,17). The van der Waals surface area contributed by atoms with E-state index >= 15 is 0 Å². The van der Waals surface area contributed by atoms with E-state index in [2.05, 4.69) is 16.9 Å². The van der Waals surface area contributed by atoms with Gasteiger partial charge in [0.1, 0.15) is 11.6 Å². The molecule has 0 aromatic carbocycles. The van der Waals surface area contributed by atoms with Gasteiger partial charge >= 0.3 is 0 Å². The lowest BCUT2D eigenvalue weighted by Crippen LogP contribution is -1.93. The maximum Gasteiger partial charge on any atom is 0.139 e. The first-order valence-corrected chi connectivity index (χ1v) is 6.08. The molecule has 4 nitrogen and oxygen atoms in total. The van der Waals surface area contributed by atoms with Crippen molar-refractivity contribution in [1.82, 2.24) is 15.0 Å². The fraction of sp³-hybridized carbons (Fsp3) is 0.385. The second kappa shape index (κ2) is 3.87. The number of hydrogen-bond donors (Lipinski definition) is 2. The second-order valence-corrected chi connectivity index (χ2v) is 4.56. The smallest absolute Gasteiger partial charge is 0.139 e. The molecule has 3 rings (SSSR count). The van der Waals surface area contributed by atoms with Crippen LogP contribution in [0.3, 0.4) is 0 Å². The Kier molecular flexibility index (Phi) is 2.35. The Morgan fingerprint density at radius 2 is 2.35 bits per heavy atom. The molecule has 2 aromatic rings. The van der Waals surface area contributed by atoms with E-state index in [1.807, 2.05) is 6.07 Å². The van der Waals surface area contributed by atoms with Crippen molar-refractivity contribution in [3.05, 3.63) is 29.7 Å². The molecule has 3 N–H and O–H groups in total. The topological polar surface area (TPSA) is 67.6 Å². The fourth-order valence-corrected chi connectivity index (χ4v) is 2.49. The van der Waals surface area contributed by atoms with Crippen LogP contribution in [0.2, 0.25) is 0 Å².